The third-order valence-corrected chi connectivity index (χ3v) is 2.10. The molecule has 1 atom stereocenters. The molecule has 74 valence electrons. The fraction of sp³-hybridized carbons (Fsp3) is 0.700. The Morgan fingerprint density at radius 1 is 1.54 bits per heavy atom. The van der Waals surface area contributed by atoms with E-state index in [9.17, 15) is 4.79 Å². The quantitative estimate of drug-likeness (QED) is 0.613. The van der Waals surface area contributed by atoms with Crippen molar-refractivity contribution < 1.29 is 9.53 Å². The summed E-state index contributed by atoms with van der Waals surface area (Å²) in [6.45, 7) is 1.40. The third kappa shape index (κ3) is 3.59. The molecule has 0 N–H and O–H groups in total. The van der Waals surface area contributed by atoms with Crippen LogP contribution in [-0.2, 0) is 9.53 Å². The molecule has 1 aliphatic rings. The fourth-order valence-corrected chi connectivity index (χ4v) is 1.32. The Kier molecular flexibility index (Phi) is 3.96. The first kappa shape index (κ1) is 10.3. The topological polar surface area (TPSA) is 29.5 Å². The second-order valence-corrected chi connectivity index (χ2v) is 3.60. The molecule has 13 heavy (non-hydrogen) atoms. The predicted octanol–water partition coefficient (Wildman–Crippen LogP) is 1.06. The van der Waals surface area contributed by atoms with E-state index >= 15 is 0 Å². The van der Waals surface area contributed by atoms with Crippen LogP contribution in [0.3, 0.4) is 0 Å². The minimum absolute atomic E-state index is 0.0879. The number of carbonyl (C=O) groups is 1. The zero-order valence-corrected chi connectivity index (χ0v) is 8.32. The van der Waals surface area contributed by atoms with Gasteiger partial charge in [0.15, 0.2) is 5.78 Å². The lowest BCUT2D eigenvalue weighted by Crippen LogP contribution is -2.24. The number of allylic oxidation sites excluding steroid dienone is 1. The second-order valence-electron chi connectivity index (χ2n) is 3.60. The van der Waals surface area contributed by atoms with Crippen molar-refractivity contribution in [3.63, 3.8) is 0 Å². The van der Waals surface area contributed by atoms with Gasteiger partial charge in [0.25, 0.3) is 0 Å². The average molecular weight is 183 g/mol. The molecule has 0 bridgehead atoms. The van der Waals surface area contributed by atoms with Crippen LogP contribution < -0.4 is 0 Å². The van der Waals surface area contributed by atoms with E-state index in [4.69, 9.17) is 4.74 Å². The van der Waals surface area contributed by atoms with Crippen molar-refractivity contribution in [2.45, 2.75) is 12.8 Å². The number of hydrogen-bond donors (Lipinski definition) is 0. The van der Waals surface area contributed by atoms with Crippen molar-refractivity contribution in [2.75, 3.05) is 27.3 Å². The first-order chi connectivity index (χ1) is 6.20. The molecule has 0 aromatic carbocycles. The molecule has 0 amide bonds. The van der Waals surface area contributed by atoms with Gasteiger partial charge in [-0.25, -0.2) is 0 Å². The van der Waals surface area contributed by atoms with Gasteiger partial charge in [-0.15, -0.1) is 0 Å². The molecule has 0 radical (unpaired) electrons. The van der Waals surface area contributed by atoms with Gasteiger partial charge in [-0.1, -0.05) is 0 Å². The maximum Gasteiger partial charge on any atom is 0.162 e. The summed E-state index contributed by atoms with van der Waals surface area (Å²) < 4.78 is 5.24. The van der Waals surface area contributed by atoms with Crippen molar-refractivity contribution in [1.29, 1.82) is 0 Å². The number of ketones is 1. The maximum absolute atomic E-state index is 11.5. The normalized spacial score (nSPS) is 23.4. The number of ether oxygens (including phenoxy) is 1. The minimum Gasteiger partial charge on any atom is -0.383 e. The number of hydrogen-bond acceptors (Lipinski definition) is 3. The van der Waals surface area contributed by atoms with Gasteiger partial charge in [0, 0.05) is 32.8 Å². The van der Waals surface area contributed by atoms with Gasteiger partial charge in [0.2, 0.25) is 0 Å². The van der Waals surface area contributed by atoms with Gasteiger partial charge in [-0.3, -0.25) is 4.79 Å². The molecule has 1 aliphatic heterocycles. The Labute approximate surface area is 79.4 Å². The Morgan fingerprint density at radius 3 is 2.85 bits per heavy atom. The lowest BCUT2D eigenvalue weighted by Gasteiger charge is -2.19. The molecule has 1 unspecified atom stereocenters. The number of nitrogens with zero attached hydrogens (tertiary/aromatic N) is 1. The molecule has 0 aromatic heterocycles. The summed E-state index contributed by atoms with van der Waals surface area (Å²) >= 11 is 0. The Balaban J connectivity index is 2.37. The molecule has 1 saturated heterocycles. The first-order valence-corrected chi connectivity index (χ1v) is 4.66. The summed E-state index contributed by atoms with van der Waals surface area (Å²) in [5.41, 5.74) is 0. The largest absolute Gasteiger partial charge is 0.383 e. The molecule has 1 fully saturated rings. The van der Waals surface area contributed by atoms with Crippen LogP contribution in [-0.4, -0.2) is 38.0 Å². The highest BCUT2D eigenvalue weighted by molar-refractivity contribution is 5.91. The predicted molar refractivity (Wildman–Crippen MR) is 51.4 cm³/mol. The zero-order chi connectivity index (χ0) is 9.68. The monoisotopic (exact) mass is 183 g/mol. The summed E-state index contributed by atoms with van der Waals surface area (Å²) in [7, 11) is 3.81. The molecule has 3 heteroatoms. The second kappa shape index (κ2) is 5.02. The van der Waals surface area contributed by atoms with Crippen molar-refractivity contribution >= 4 is 5.78 Å². The van der Waals surface area contributed by atoms with E-state index in [2.05, 4.69) is 0 Å². The molecule has 3 nitrogen and oxygen atoms in total. The lowest BCUT2D eigenvalue weighted by atomic mass is 9.97. The van der Waals surface area contributed by atoms with E-state index in [1.807, 2.05) is 19.0 Å². The number of carbonyl (C=O) groups excluding carboxylic acids is 1. The van der Waals surface area contributed by atoms with Crippen LogP contribution in [0.15, 0.2) is 12.3 Å². The standard InChI is InChI=1S/C10H17NO2/c1-11(2)6-5-10(12)9-4-3-7-13-8-9/h5-6,9H,3-4,7-8H2,1-2H3/b6-5-. The average Bonchev–Trinajstić information content (AvgIpc) is 2.15. The van der Waals surface area contributed by atoms with E-state index in [1.165, 1.54) is 0 Å². The van der Waals surface area contributed by atoms with Gasteiger partial charge < -0.3 is 9.64 Å². The Morgan fingerprint density at radius 2 is 2.31 bits per heavy atom. The van der Waals surface area contributed by atoms with Gasteiger partial charge in [-0.05, 0) is 18.9 Å². The maximum atomic E-state index is 11.5. The minimum atomic E-state index is 0.0879. The van der Waals surface area contributed by atoms with E-state index < -0.39 is 0 Å². The highest BCUT2D eigenvalue weighted by atomic mass is 16.5. The van der Waals surface area contributed by atoms with Gasteiger partial charge in [0.1, 0.15) is 0 Å². The smallest absolute Gasteiger partial charge is 0.162 e. The van der Waals surface area contributed by atoms with Gasteiger partial charge >= 0.3 is 0 Å². The molecular formula is C10H17NO2. The molecule has 0 spiro atoms. The Hall–Kier alpha value is -0.830. The highest BCUT2D eigenvalue weighted by Crippen LogP contribution is 2.14. The van der Waals surface area contributed by atoms with Crippen molar-refractivity contribution in [2.24, 2.45) is 5.92 Å². The zero-order valence-electron chi connectivity index (χ0n) is 8.32. The number of rotatable bonds is 3. The van der Waals surface area contributed by atoms with E-state index in [0.29, 0.717) is 6.61 Å². The summed E-state index contributed by atoms with van der Waals surface area (Å²) in [6.07, 6.45) is 5.40. The molecule has 0 saturated carbocycles. The highest BCUT2D eigenvalue weighted by Gasteiger charge is 2.19. The molecule has 0 aromatic rings. The van der Waals surface area contributed by atoms with Crippen LogP contribution in [0.2, 0.25) is 0 Å². The van der Waals surface area contributed by atoms with Crippen molar-refractivity contribution in [3.05, 3.63) is 12.3 Å². The van der Waals surface area contributed by atoms with E-state index in [0.717, 1.165) is 19.4 Å². The summed E-state index contributed by atoms with van der Waals surface area (Å²) in [4.78, 5) is 13.4. The summed E-state index contributed by atoms with van der Waals surface area (Å²) in [6, 6.07) is 0. The van der Waals surface area contributed by atoms with Crippen molar-refractivity contribution in [1.82, 2.24) is 4.90 Å². The summed E-state index contributed by atoms with van der Waals surface area (Å²) in [5.74, 6) is 0.276. The van der Waals surface area contributed by atoms with Crippen LogP contribution in [0.25, 0.3) is 0 Å². The van der Waals surface area contributed by atoms with Crippen LogP contribution in [0.1, 0.15) is 12.8 Å². The SMILES string of the molecule is CN(C)/C=C\C(=O)C1CCCOC1. The van der Waals surface area contributed by atoms with E-state index in [1.54, 1.807) is 12.3 Å². The van der Waals surface area contributed by atoms with Gasteiger partial charge in [-0.2, -0.15) is 0 Å². The third-order valence-electron chi connectivity index (χ3n) is 2.10. The molecule has 1 heterocycles. The van der Waals surface area contributed by atoms with Crippen LogP contribution >= 0.6 is 0 Å². The fourth-order valence-electron chi connectivity index (χ4n) is 1.32. The van der Waals surface area contributed by atoms with Crippen LogP contribution in [0, 0.1) is 5.92 Å². The van der Waals surface area contributed by atoms with Crippen LogP contribution in [0.4, 0.5) is 0 Å². The van der Waals surface area contributed by atoms with Gasteiger partial charge in [0.05, 0.1) is 6.61 Å². The molecule has 1 rings (SSSR count). The lowest BCUT2D eigenvalue weighted by molar-refractivity contribution is -0.122. The first-order valence-electron chi connectivity index (χ1n) is 4.66. The Bertz CT molecular complexity index is 193. The van der Waals surface area contributed by atoms with E-state index in [-0.39, 0.29) is 11.7 Å². The van der Waals surface area contributed by atoms with Crippen molar-refractivity contribution in [3.8, 4) is 0 Å². The van der Waals surface area contributed by atoms with Crippen LogP contribution in [0.5, 0.6) is 0 Å². The summed E-state index contributed by atoms with van der Waals surface area (Å²) in [5, 5.41) is 0. The molecular weight excluding hydrogens is 166 g/mol. The molecule has 0 aliphatic carbocycles.